The van der Waals surface area contributed by atoms with Crippen LogP contribution in [0.15, 0.2) is 12.2 Å². The van der Waals surface area contributed by atoms with Gasteiger partial charge in [-0.1, -0.05) is 6.58 Å². The predicted octanol–water partition coefficient (Wildman–Crippen LogP) is 0.689. The SMILES string of the molecule is C=C(C)C(=O)OC(C)C.O. The van der Waals surface area contributed by atoms with E-state index in [4.69, 9.17) is 4.74 Å². The summed E-state index contributed by atoms with van der Waals surface area (Å²) in [6, 6.07) is 0. The second-order valence-electron chi connectivity index (χ2n) is 2.23. The van der Waals surface area contributed by atoms with E-state index < -0.39 is 0 Å². The Kier molecular flexibility index (Phi) is 5.95. The van der Waals surface area contributed by atoms with Crippen LogP contribution in [-0.4, -0.2) is 17.5 Å². The van der Waals surface area contributed by atoms with E-state index in [2.05, 4.69) is 6.58 Å². The van der Waals surface area contributed by atoms with Crippen LogP contribution in [0.25, 0.3) is 0 Å². The molecule has 0 unspecified atom stereocenters. The predicted molar refractivity (Wildman–Crippen MR) is 39.7 cm³/mol. The highest BCUT2D eigenvalue weighted by molar-refractivity contribution is 5.87. The van der Waals surface area contributed by atoms with Crippen LogP contribution in [0.5, 0.6) is 0 Å². The summed E-state index contributed by atoms with van der Waals surface area (Å²) in [5, 5.41) is 0. The molecule has 0 heterocycles. The van der Waals surface area contributed by atoms with Crippen LogP contribution in [0.2, 0.25) is 0 Å². The van der Waals surface area contributed by atoms with Crippen molar-refractivity contribution in [3.63, 3.8) is 0 Å². The fraction of sp³-hybridized carbons (Fsp3) is 0.571. The largest absolute Gasteiger partial charge is 0.460 e. The molecule has 0 atom stereocenters. The molecule has 0 bridgehead atoms. The van der Waals surface area contributed by atoms with E-state index in [0.29, 0.717) is 5.57 Å². The molecule has 0 saturated carbocycles. The number of rotatable bonds is 2. The third-order valence-electron chi connectivity index (χ3n) is 0.691. The standard InChI is InChI=1S/C7H12O2.H2O/c1-5(2)7(8)9-6(3)4;/h6H,1H2,2-4H3;1H2. The molecule has 10 heavy (non-hydrogen) atoms. The molecule has 2 N–H and O–H groups in total. The molecule has 0 rings (SSSR count). The van der Waals surface area contributed by atoms with Gasteiger partial charge in [-0.05, 0) is 20.8 Å². The molecule has 0 aromatic carbocycles. The lowest BCUT2D eigenvalue weighted by molar-refractivity contribution is -0.142. The van der Waals surface area contributed by atoms with Crippen LogP contribution in [-0.2, 0) is 9.53 Å². The first-order valence-corrected chi connectivity index (χ1v) is 2.90. The van der Waals surface area contributed by atoms with Crippen molar-refractivity contribution in [2.24, 2.45) is 0 Å². The van der Waals surface area contributed by atoms with Crippen LogP contribution in [0.4, 0.5) is 0 Å². The first-order chi connectivity index (χ1) is 4.04. The summed E-state index contributed by atoms with van der Waals surface area (Å²) >= 11 is 0. The van der Waals surface area contributed by atoms with Crippen LogP contribution in [0, 0.1) is 0 Å². The highest BCUT2D eigenvalue weighted by atomic mass is 16.5. The summed E-state index contributed by atoms with van der Waals surface area (Å²) < 4.78 is 4.77. The summed E-state index contributed by atoms with van der Waals surface area (Å²) in [6.07, 6.45) is -0.0470. The van der Waals surface area contributed by atoms with Crippen molar-refractivity contribution in [3.05, 3.63) is 12.2 Å². The molecule has 0 radical (unpaired) electrons. The van der Waals surface area contributed by atoms with E-state index in [-0.39, 0.29) is 17.5 Å². The molecule has 0 saturated heterocycles. The molecule has 0 aliphatic rings. The maximum atomic E-state index is 10.6. The van der Waals surface area contributed by atoms with Gasteiger partial charge in [0.1, 0.15) is 0 Å². The van der Waals surface area contributed by atoms with Crippen molar-refractivity contribution >= 4 is 5.97 Å². The van der Waals surface area contributed by atoms with Crippen LogP contribution in [0.3, 0.4) is 0 Å². The molecule has 60 valence electrons. The van der Waals surface area contributed by atoms with Gasteiger partial charge >= 0.3 is 5.97 Å². The second-order valence-corrected chi connectivity index (χ2v) is 2.23. The van der Waals surface area contributed by atoms with E-state index in [0.717, 1.165) is 0 Å². The summed E-state index contributed by atoms with van der Waals surface area (Å²) in [6.45, 7) is 8.68. The lowest BCUT2D eigenvalue weighted by atomic mass is 10.3. The van der Waals surface area contributed by atoms with Gasteiger partial charge < -0.3 is 10.2 Å². The zero-order valence-electron chi connectivity index (χ0n) is 6.60. The Labute approximate surface area is 61.0 Å². The number of ether oxygens (including phenoxy) is 1. The van der Waals surface area contributed by atoms with E-state index in [9.17, 15) is 4.79 Å². The number of hydrogen-bond donors (Lipinski definition) is 0. The topological polar surface area (TPSA) is 57.8 Å². The fourth-order valence-electron chi connectivity index (χ4n) is 0.315. The summed E-state index contributed by atoms with van der Waals surface area (Å²) in [7, 11) is 0. The zero-order valence-corrected chi connectivity index (χ0v) is 6.60. The Hall–Kier alpha value is -0.830. The van der Waals surface area contributed by atoms with E-state index in [1.807, 2.05) is 0 Å². The third kappa shape index (κ3) is 5.31. The Morgan fingerprint density at radius 1 is 1.50 bits per heavy atom. The van der Waals surface area contributed by atoms with Gasteiger partial charge in [-0.3, -0.25) is 0 Å². The Morgan fingerprint density at radius 3 is 2.00 bits per heavy atom. The smallest absolute Gasteiger partial charge is 0.333 e. The van der Waals surface area contributed by atoms with Gasteiger partial charge in [-0.2, -0.15) is 0 Å². The molecule has 0 aliphatic carbocycles. The molecule has 3 nitrogen and oxygen atoms in total. The monoisotopic (exact) mass is 146 g/mol. The highest BCUT2D eigenvalue weighted by Gasteiger charge is 2.03. The minimum absolute atomic E-state index is 0. The minimum atomic E-state index is -0.315. The fourth-order valence-corrected chi connectivity index (χ4v) is 0.315. The van der Waals surface area contributed by atoms with Crippen molar-refractivity contribution in [1.82, 2.24) is 0 Å². The number of carbonyl (C=O) groups excluding carboxylic acids is 1. The van der Waals surface area contributed by atoms with Gasteiger partial charge in [0.25, 0.3) is 0 Å². The van der Waals surface area contributed by atoms with Gasteiger partial charge in [0.05, 0.1) is 6.10 Å². The Bertz CT molecular complexity index is 127. The van der Waals surface area contributed by atoms with Crippen molar-refractivity contribution in [3.8, 4) is 0 Å². The Morgan fingerprint density at radius 2 is 1.90 bits per heavy atom. The van der Waals surface area contributed by atoms with Gasteiger partial charge in [-0.25, -0.2) is 4.79 Å². The van der Waals surface area contributed by atoms with Crippen molar-refractivity contribution < 1.29 is 15.0 Å². The lowest BCUT2D eigenvalue weighted by Crippen LogP contribution is -2.11. The van der Waals surface area contributed by atoms with Crippen molar-refractivity contribution in [1.29, 1.82) is 0 Å². The normalized spacial score (nSPS) is 8.40. The average Bonchev–Trinajstić information content (AvgIpc) is 1.63. The molecule has 3 heteroatoms. The summed E-state index contributed by atoms with van der Waals surface area (Å²) in [4.78, 5) is 10.6. The van der Waals surface area contributed by atoms with Gasteiger partial charge in [0, 0.05) is 5.57 Å². The summed E-state index contributed by atoms with van der Waals surface area (Å²) in [5.74, 6) is -0.315. The van der Waals surface area contributed by atoms with Crippen LogP contribution in [0.1, 0.15) is 20.8 Å². The lowest BCUT2D eigenvalue weighted by Gasteiger charge is -2.05. The maximum absolute atomic E-state index is 10.6. The van der Waals surface area contributed by atoms with Crippen molar-refractivity contribution in [2.45, 2.75) is 26.9 Å². The van der Waals surface area contributed by atoms with Gasteiger partial charge in [0.2, 0.25) is 0 Å². The number of carbonyl (C=O) groups is 1. The Balaban J connectivity index is 0. The van der Waals surface area contributed by atoms with E-state index in [1.165, 1.54) is 0 Å². The van der Waals surface area contributed by atoms with Crippen LogP contribution < -0.4 is 0 Å². The molecule has 0 aromatic rings. The van der Waals surface area contributed by atoms with Crippen LogP contribution >= 0.6 is 0 Å². The van der Waals surface area contributed by atoms with E-state index >= 15 is 0 Å². The average molecular weight is 146 g/mol. The first kappa shape index (κ1) is 11.9. The quantitative estimate of drug-likeness (QED) is 0.425. The molecule has 0 fully saturated rings. The van der Waals surface area contributed by atoms with E-state index in [1.54, 1.807) is 20.8 Å². The summed E-state index contributed by atoms with van der Waals surface area (Å²) in [5.41, 5.74) is 0.448. The minimum Gasteiger partial charge on any atom is -0.460 e. The zero-order chi connectivity index (χ0) is 7.44. The van der Waals surface area contributed by atoms with Gasteiger partial charge in [0.15, 0.2) is 0 Å². The first-order valence-electron chi connectivity index (χ1n) is 2.90. The molecular weight excluding hydrogens is 132 g/mol. The number of esters is 1. The molecule has 0 aliphatic heterocycles. The molecular formula is C7H14O3. The molecule has 0 spiro atoms. The molecule has 0 amide bonds. The van der Waals surface area contributed by atoms with Crippen molar-refractivity contribution in [2.75, 3.05) is 0 Å². The third-order valence-corrected chi connectivity index (χ3v) is 0.691. The second kappa shape index (κ2) is 4.99. The highest BCUT2D eigenvalue weighted by Crippen LogP contribution is 1.95. The molecule has 0 aromatic heterocycles. The maximum Gasteiger partial charge on any atom is 0.333 e. The number of hydrogen-bond acceptors (Lipinski definition) is 2. The van der Waals surface area contributed by atoms with Gasteiger partial charge in [-0.15, -0.1) is 0 Å².